The molecule has 21 heavy (non-hydrogen) atoms. The highest BCUT2D eigenvalue weighted by molar-refractivity contribution is 7.89. The highest BCUT2D eigenvalue weighted by Gasteiger charge is 2.34. The number of rotatable bonds is 5. The molecule has 0 spiro atoms. The second-order valence-corrected chi connectivity index (χ2v) is 7.30. The van der Waals surface area contributed by atoms with Gasteiger partial charge in [0.1, 0.15) is 0 Å². The summed E-state index contributed by atoms with van der Waals surface area (Å²) in [5.41, 5.74) is 0.933. The Morgan fingerprint density at radius 2 is 1.95 bits per heavy atom. The van der Waals surface area contributed by atoms with Crippen LogP contribution in [0.1, 0.15) is 18.0 Å². The number of sulfonamides is 1. The molecule has 0 saturated carbocycles. The number of carboxylic acids is 1. The molecule has 1 heterocycles. The lowest BCUT2D eigenvalue weighted by Crippen LogP contribution is -2.49. The Kier molecular flexibility index (Phi) is 4.97. The number of likely N-dealkylation sites (N-methyl/N-ethyl adjacent to an activating group) is 1. The topological polar surface area (TPSA) is 77.9 Å². The number of carbonyl (C=O) groups is 1. The van der Waals surface area contributed by atoms with Gasteiger partial charge in [-0.15, -0.1) is 0 Å². The summed E-state index contributed by atoms with van der Waals surface area (Å²) >= 11 is 0. The number of hydrogen-bond acceptors (Lipinski definition) is 4. The van der Waals surface area contributed by atoms with E-state index in [4.69, 9.17) is 5.11 Å². The van der Waals surface area contributed by atoms with E-state index in [1.807, 2.05) is 37.4 Å². The highest BCUT2D eigenvalue weighted by atomic mass is 32.2. The summed E-state index contributed by atoms with van der Waals surface area (Å²) in [6.07, 6.45) is -0.365. The molecule has 6 nitrogen and oxygen atoms in total. The first-order chi connectivity index (χ1) is 9.90. The summed E-state index contributed by atoms with van der Waals surface area (Å²) in [7, 11) is -1.62. The standard InChI is InChI=1S/C14H20N2O4S/c1-15-8-9-16(21(19,20)10-7-14(17)18)13(11-15)12-5-3-2-4-6-12/h2-6,13H,7-11H2,1H3,(H,17,18). The van der Waals surface area contributed by atoms with Crippen molar-refractivity contribution >= 4 is 16.0 Å². The molecule has 2 rings (SSSR count). The van der Waals surface area contributed by atoms with Crippen LogP contribution in [0.3, 0.4) is 0 Å². The molecule has 0 aliphatic carbocycles. The molecule has 1 unspecified atom stereocenters. The number of benzene rings is 1. The number of aliphatic carboxylic acids is 1. The third kappa shape index (κ3) is 4.03. The molecule has 7 heteroatoms. The highest BCUT2D eigenvalue weighted by Crippen LogP contribution is 2.27. The van der Waals surface area contributed by atoms with Gasteiger partial charge in [0.25, 0.3) is 0 Å². The summed E-state index contributed by atoms with van der Waals surface area (Å²) < 4.78 is 26.3. The minimum absolute atomic E-state index is 0.260. The smallest absolute Gasteiger partial charge is 0.304 e. The van der Waals surface area contributed by atoms with E-state index in [-0.39, 0.29) is 18.2 Å². The van der Waals surface area contributed by atoms with Crippen molar-refractivity contribution in [2.75, 3.05) is 32.4 Å². The summed E-state index contributed by atoms with van der Waals surface area (Å²) in [4.78, 5) is 12.7. The summed E-state index contributed by atoms with van der Waals surface area (Å²) in [6, 6.07) is 9.20. The Balaban J connectivity index is 2.24. The molecule has 1 saturated heterocycles. The summed E-state index contributed by atoms with van der Waals surface area (Å²) in [5, 5.41) is 8.71. The Morgan fingerprint density at radius 3 is 2.57 bits per heavy atom. The van der Waals surface area contributed by atoms with Gasteiger partial charge in [0.2, 0.25) is 10.0 Å². The van der Waals surface area contributed by atoms with Gasteiger partial charge in [0.05, 0.1) is 18.2 Å². The van der Waals surface area contributed by atoms with Gasteiger partial charge in [-0.05, 0) is 12.6 Å². The lowest BCUT2D eigenvalue weighted by atomic mass is 10.1. The summed E-state index contributed by atoms with van der Waals surface area (Å²) in [5.74, 6) is -1.45. The van der Waals surface area contributed by atoms with E-state index >= 15 is 0 Å². The number of piperazine rings is 1. The van der Waals surface area contributed by atoms with E-state index in [1.165, 1.54) is 4.31 Å². The first kappa shape index (κ1) is 15.9. The maximum Gasteiger partial charge on any atom is 0.304 e. The zero-order chi connectivity index (χ0) is 15.5. The Bertz CT molecular complexity index is 588. The SMILES string of the molecule is CN1CCN(S(=O)(=O)CCC(=O)O)C(c2ccccc2)C1. The van der Waals surface area contributed by atoms with Crippen LogP contribution in [0.15, 0.2) is 30.3 Å². The van der Waals surface area contributed by atoms with Crippen molar-refractivity contribution in [3.8, 4) is 0 Å². The maximum absolute atomic E-state index is 12.4. The van der Waals surface area contributed by atoms with Gasteiger partial charge in [-0.25, -0.2) is 8.42 Å². The molecule has 0 radical (unpaired) electrons. The monoisotopic (exact) mass is 312 g/mol. The molecule has 1 N–H and O–H groups in total. The average Bonchev–Trinajstić information content (AvgIpc) is 2.46. The van der Waals surface area contributed by atoms with Crippen LogP contribution in [0.5, 0.6) is 0 Å². The van der Waals surface area contributed by atoms with E-state index in [1.54, 1.807) is 0 Å². The quantitative estimate of drug-likeness (QED) is 0.869. The lowest BCUT2D eigenvalue weighted by molar-refractivity contribution is -0.136. The van der Waals surface area contributed by atoms with Crippen LogP contribution in [0, 0.1) is 0 Å². The zero-order valence-corrected chi connectivity index (χ0v) is 12.8. The summed E-state index contributed by atoms with van der Waals surface area (Å²) in [6.45, 7) is 1.64. The molecule has 116 valence electrons. The van der Waals surface area contributed by atoms with Crippen molar-refractivity contribution in [3.63, 3.8) is 0 Å². The lowest BCUT2D eigenvalue weighted by Gasteiger charge is -2.39. The van der Waals surface area contributed by atoms with E-state index in [0.717, 1.165) is 5.56 Å². The molecule has 0 bridgehead atoms. The van der Waals surface area contributed by atoms with Crippen LogP contribution >= 0.6 is 0 Å². The molecule has 1 fully saturated rings. The molecule has 1 atom stereocenters. The normalized spacial score (nSPS) is 21.3. The number of carboxylic acid groups (broad SMARTS) is 1. The molecule has 1 aromatic rings. The second kappa shape index (κ2) is 6.55. The number of nitrogens with zero attached hydrogens (tertiary/aromatic N) is 2. The van der Waals surface area contributed by atoms with E-state index in [0.29, 0.717) is 19.6 Å². The first-order valence-corrected chi connectivity index (χ1v) is 8.46. The zero-order valence-electron chi connectivity index (χ0n) is 12.0. The van der Waals surface area contributed by atoms with Crippen molar-refractivity contribution < 1.29 is 18.3 Å². The molecule has 0 amide bonds. The van der Waals surface area contributed by atoms with Gasteiger partial charge >= 0.3 is 5.97 Å². The van der Waals surface area contributed by atoms with Crippen LogP contribution in [0.2, 0.25) is 0 Å². The fraction of sp³-hybridized carbons (Fsp3) is 0.500. The third-order valence-corrected chi connectivity index (χ3v) is 5.52. The number of hydrogen-bond donors (Lipinski definition) is 1. The van der Waals surface area contributed by atoms with Crippen molar-refractivity contribution in [3.05, 3.63) is 35.9 Å². The maximum atomic E-state index is 12.4. The van der Waals surface area contributed by atoms with Crippen molar-refractivity contribution in [1.82, 2.24) is 9.21 Å². The van der Waals surface area contributed by atoms with E-state index < -0.39 is 16.0 Å². The van der Waals surface area contributed by atoms with Gasteiger partial charge in [-0.2, -0.15) is 4.31 Å². The molecular weight excluding hydrogens is 292 g/mol. The van der Waals surface area contributed by atoms with Gasteiger partial charge in [0, 0.05) is 19.6 Å². The Hall–Kier alpha value is -1.44. The van der Waals surface area contributed by atoms with Crippen LogP contribution < -0.4 is 0 Å². The average molecular weight is 312 g/mol. The first-order valence-electron chi connectivity index (χ1n) is 6.85. The van der Waals surface area contributed by atoms with Gasteiger partial charge in [-0.1, -0.05) is 30.3 Å². The third-order valence-electron chi connectivity index (χ3n) is 3.65. The van der Waals surface area contributed by atoms with Crippen molar-refractivity contribution in [1.29, 1.82) is 0 Å². The van der Waals surface area contributed by atoms with Crippen LogP contribution in [0.25, 0.3) is 0 Å². The molecule has 0 aromatic heterocycles. The predicted octanol–water partition coefficient (Wildman–Crippen LogP) is 0.780. The Labute approximate surface area is 125 Å². The van der Waals surface area contributed by atoms with E-state index in [2.05, 4.69) is 4.90 Å². The largest absolute Gasteiger partial charge is 0.481 e. The second-order valence-electron chi connectivity index (χ2n) is 5.26. The molecule has 1 aliphatic heterocycles. The van der Waals surface area contributed by atoms with Crippen LogP contribution in [-0.2, 0) is 14.8 Å². The Morgan fingerprint density at radius 1 is 1.29 bits per heavy atom. The van der Waals surface area contributed by atoms with Crippen molar-refractivity contribution in [2.45, 2.75) is 12.5 Å². The van der Waals surface area contributed by atoms with Crippen LogP contribution in [0.4, 0.5) is 0 Å². The van der Waals surface area contributed by atoms with Gasteiger partial charge < -0.3 is 10.0 Å². The fourth-order valence-electron chi connectivity index (χ4n) is 2.52. The van der Waals surface area contributed by atoms with Crippen LogP contribution in [-0.4, -0.2) is 61.1 Å². The minimum atomic E-state index is -3.57. The van der Waals surface area contributed by atoms with E-state index in [9.17, 15) is 13.2 Å². The van der Waals surface area contributed by atoms with Gasteiger partial charge in [-0.3, -0.25) is 4.79 Å². The molecular formula is C14H20N2O4S. The predicted molar refractivity (Wildman–Crippen MR) is 79.4 cm³/mol. The van der Waals surface area contributed by atoms with Crippen molar-refractivity contribution in [2.24, 2.45) is 0 Å². The molecule has 1 aromatic carbocycles. The van der Waals surface area contributed by atoms with Gasteiger partial charge in [0.15, 0.2) is 0 Å². The fourth-order valence-corrected chi connectivity index (χ4v) is 4.12. The minimum Gasteiger partial charge on any atom is -0.481 e. The molecule has 1 aliphatic rings.